The monoisotopic (exact) mass is 518 g/mol. The van der Waals surface area contributed by atoms with E-state index in [1.165, 1.54) is 43.3 Å². The van der Waals surface area contributed by atoms with Gasteiger partial charge in [-0.1, -0.05) is 0 Å². The zero-order chi connectivity index (χ0) is 26.5. The maximum Gasteiger partial charge on any atom is 0.258 e. The van der Waals surface area contributed by atoms with E-state index >= 15 is 0 Å². The topological polar surface area (TPSA) is 116 Å². The molecule has 2 saturated heterocycles. The second-order valence-corrected chi connectivity index (χ2v) is 9.64. The fourth-order valence-electron chi connectivity index (χ4n) is 4.95. The molecule has 5 rings (SSSR count). The molecule has 0 saturated carbocycles. The summed E-state index contributed by atoms with van der Waals surface area (Å²) in [6.07, 6.45) is 4.83. The number of fused-ring (bicyclic) bond motifs is 1. The minimum atomic E-state index is -0.417. The number of nitrogens with zero attached hydrogens (tertiary/aromatic N) is 4. The Labute approximate surface area is 219 Å². The molecular formula is C28H31FN6O3. The van der Waals surface area contributed by atoms with E-state index in [1.54, 1.807) is 24.3 Å². The quantitative estimate of drug-likeness (QED) is 0.270. The van der Waals surface area contributed by atoms with Crippen LogP contribution in [0.5, 0.6) is 0 Å². The van der Waals surface area contributed by atoms with Crippen LogP contribution < -0.4 is 11.4 Å². The number of pyridine rings is 1. The maximum atomic E-state index is 13.6. The van der Waals surface area contributed by atoms with Crippen LogP contribution in [0.25, 0.3) is 10.9 Å². The van der Waals surface area contributed by atoms with Crippen molar-refractivity contribution in [3.8, 4) is 0 Å². The van der Waals surface area contributed by atoms with Crippen molar-refractivity contribution in [2.75, 3.05) is 39.3 Å². The highest BCUT2D eigenvalue weighted by Crippen LogP contribution is 2.19. The number of hydrogen-bond donors (Lipinski definition) is 2. The summed E-state index contributed by atoms with van der Waals surface area (Å²) in [7, 11) is 0. The Bertz CT molecular complexity index is 1410. The molecule has 1 amide bonds. The Balaban J connectivity index is 1.19. The zero-order valence-electron chi connectivity index (χ0n) is 21.1. The van der Waals surface area contributed by atoms with Crippen LogP contribution in [0.4, 0.5) is 10.1 Å². The van der Waals surface area contributed by atoms with Crippen LogP contribution in [0.15, 0.2) is 63.4 Å². The third-order valence-corrected chi connectivity index (χ3v) is 7.06. The number of ether oxygens (including phenoxy) is 1. The average molecular weight is 519 g/mol. The number of aromatic nitrogens is 1. The number of hydrazone groups is 1. The highest BCUT2D eigenvalue weighted by Gasteiger charge is 2.27. The number of amides is 1. The minimum Gasteiger partial charge on any atom is -0.375 e. The zero-order valence-corrected chi connectivity index (χ0v) is 21.1. The Morgan fingerprint density at radius 1 is 1.13 bits per heavy atom. The van der Waals surface area contributed by atoms with E-state index in [0.717, 1.165) is 26.1 Å². The van der Waals surface area contributed by atoms with E-state index in [0.29, 0.717) is 41.9 Å². The van der Waals surface area contributed by atoms with Gasteiger partial charge in [-0.05, 0) is 80.9 Å². The lowest BCUT2D eigenvalue weighted by molar-refractivity contribution is 0.0437. The van der Waals surface area contributed by atoms with Crippen LogP contribution in [0, 0.1) is 5.82 Å². The van der Waals surface area contributed by atoms with Crippen LogP contribution in [0.3, 0.4) is 0 Å². The number of nitrogens with two attached hydrogens (primary N) is 1. The summed E-state index contributed by atoms with van der Waals surface area (Å²) >= 11 is 0. The normalized spacial score (nSPS) is 18.7. The Morgan fingerprint density at radius 3 is 2.68 bits per heavy atom. The molecule has 10 heteroatoms. The molecule has 2 aliphatic rings. The van der Waals surface area contributed by atoms with Gasteiger partial charge in [-0.2, -0.15) is 5.10 Å². The lowest BCUT2D eigenvalue weighted by atomic mass is 10.1. The molecule has 38 heavy (non-hydrogen) atoms. The molecule has 2 aromatic carbocycles. The molecule has 0 spiro atoms. The van der Waals surface area contributed by atoms with Crippen molar-refractivity contribution < 1.29 is 13.9 Å². The number of hydrogen-bond acceptors (Lipinski definition) is 7. The van der Waals surface area contributed by atoms with Gasteiger partial charge in [0.1, 0.15) is 11.5 Å². The van der Waals surface area contributed by atoms with E-state index < -0.39 is 11.4 Å². The van der Waals surface area contributed by atoms with Crippen LogP contribution in [0.2, 0.25) is 0 Å². The number of halogens is 1. The fraction of sp³-hybridized carbons (Fsp3) is 0.357. The van der Waals surface area contributed by atoms with Gasteiger partial charge in [0, 0.05) is 36.1 Å². The molecule has 1 unspecified atom stereocenters. The number of carbonyl (C=O) groups excluding carboxylic acids is 1. The Hall–Kier alpha value is -3.89. The number of aromatic amines is 1. The van der Waals surface area contributed by atoms with Crippen molar-refractivity contribution in [1.82, 2.24) is 14.8 Å². The molecule has 3 N–H and O–H groups in total. The lowest BCUT2D eigenvalue weighted by Gasteiger charge is -2.18. The van der Waals surface area contributed by atoms with Gasteiger partial charge in [0.15, 0.2) is 0 Å². The molecule has 1 aromatic heterocycles. The molecule has 198 valence electrons. The van der Waals surface area contributed by atoms with Gasteiger partial charge in [0.05, 0.1) is 30.2 Å². The summed E-state index contributed by atoms with van der Waals surface area (Å²) in [6.45, 7) is 5.24. The number of H-pyrrole nitrogens is 1. The van der Waals surface area contributed by atoms with Gasteiger partial charge in [0.2, 0.25) is 0 Å². The van der Waals surface area contributed by atoms with Crippen molar-refractivity contribution in [3.63, 3.8) is 0 Å². The SMILES string of the molecule is NN=C(C=Nc1ccc(C(=O)N2CCC(OCCN3CCCC3)C2)cc1)c1cc2cc(F)ccc2[nH]c1=O. The van der Waals surface area contributed by atoms with Gasteiger partial charge in [-0.15, -0.1) is 0 Å². The van der Waals surface area contributed by atoms with Crippen molar-refractivity contribution in [2.45, 2.75) is 25.4 Å². The number of likely N-dealkylation sites (tertiary alicyclic amines) is 2. The number of aliphatic imine (C=N–C) groups is 1. The van der Waals surface area contributed by atoms with E-state index in [2.05, 4.69) is 20.0 Å². The second-order valence-electron chi connectivity index (χ2n) is 9.64. The molecule has 0 bridgehead atoms. The summed E-state index contributed by atoms with van der Waals surface area (Å²) < 4.78 is 19.6. The van der Waals surface area contributed by atoms with Crippen LogP contribution in [-0.2, 0) is 4.74 Å². The predicted octanol–water partition coefficient (Wildman–Crippen LogP) is 3.06. The number of benzene rings is 2. The highest BCUT2D eigenvalue weighted by atomic mass is 19.1. The predicted molar refractivity (Wildman–Crippen MR) is 146 cm³/mol. The molecule has 3 heterocycles. The maximum absolute atomic E-state index is 13.6. The Kier molecular flexibility index (Phi) is 7.90. The van der Waals surface area contributed by atoms with Gasteiger partial charge in [-0.3, -0.25) is 14.6 Å². The standard InChI is InChI=1S/C28H31FN6O3/c29-21-5-8-25-20(15-21)16-24(27(36)32-25)26(33-30)17-31-22-6-3-19(4-7-22)28(37)35-12-9-23(18-35)38-14-13-34-10-1-2-11-34/h3-8,15-17,23H,1-2,9-14,18,30H2,(H,32,36). The van der Waals surface area contributed by atoms with Gasteiger partial charge in [-0.25, -0.2) is 4.39 Å². The fourth-order valence-corrected chi connectivity index (χ4v) is 4.95. The van der Waals surface area contributed by atoms with Crippen LogP contribution in [-0.4, -0.2) is 78.1 Å². The minimum absolute atomic E-state index is 0.0367. The molecule has 0 radical (unpaired) electrons. The number of rotatable bonds is 8. The Morgan fingerprint density at radius 2 is 1.92 bits per heavy atom. The van der Waals surface area contributed by atoms with Crippen LogP contribution in [0.1, 0.15) is 35.2 Å². The van der Waals surface area contributed by atoms with E-state index in [4.69, 9.17) is 10.6 Å². The average Bonchev–Trinajstić information content (AvgIpc) is 3.62. The highest BCUT2D eigenvalue weighted by molar-refractivity contribution is 6.38. The first-order chi connectivity index (χ1) is 18.5. The van der Waals surface area contributed by atoms with E-state index in [1.807, 2.05) is 4.90 Å². The third-order valence-electron chi connectivity index (χ3n) is 7.06. The summed E-state index contributed by atoms with van der Waals surface area (Å²) in [5.41, 5.74) is 1.55. The van der Waals surface area contributed by atoms with Crippen LogP contribution >= 0.6 is 0 Å². The molecule has 2 aliphatic heterocycles. The first kappa shape index (κ1) is 25.7. The number of nitrogens with one attached hydrogen (secondary N) is 1. The summed E-state index contributed by atoms with van der Waals surface area (Å²) in [5, 5.41) is 4.20. The largest absolute Gasteiger partial charge is 0.375 e. The van der Waals surface area contributed by atoms with Gasteiger partial charge < -0.3 is 25.4 Å². The molecule has 1 atom stereocenters. The molecule has 0 aliphatic carbocycles. The summed E-state index contributed by atoms with van der Waals surface area (Å²) in [6, 6.07) is 12.5. The van der Waals surface area contributed by atoms with E-state index in [-0.39, 0.29) is 23.3 Å². The van der Waals surface area contributed by atoms with Gasteiger partial charge in [0.25, 0.3) is 11.5 Å². The molecule has 2 fully saturated rings. The van der Waals surface area contributed by atoms with Crippen molar-refractivity contribution in [1.29, 1.82) is 0 Å². The van der Waals surface area contributed by atoms with Crippen molar-refractivity contribution >= 4 is 34.4 Å². The third kappa shape index (κ3) is 5.98. The van der Waals surface area contributed by atoms with Crippen molar-refractivity contribution in [2.24, 2.45) is 15.9 Å². The summed E-state index contributed by atoms with van der Waals surface area (Å²) in [4.78, 5) is 36.8. The first-order valence-electron chi connectivity index (χ1n) is 12.9. The van der Waals surface area contributed by atoms with Gasteiger partial charge >= 0.3 is 0 Å². The smallest absolute Gasteiger partial charge is 0.258 e. The molecule has 3 aromatic rings. The summed E-state index contributed by atoms with van der Waals surface area (Å²) in [5.74, 6) is 5.07. The van der Waals surface area contributed by atoms with Crippen molar-refractivity contribution in [3.05, 3.63) is 75.8 Å². The number of carbonyl (C=O) groups is 1. The van der Waals surface area contributed by atoms with E-state index in [9.17, 15) is 14.0 Å². The molecular weight excluding hydrogens is 487 g/mol. The molecule has 9 nitrogen and oxygen atoms in total. The first-order valence-corrected chi connectivity index (χ1v) is 12.9. The second kappa shape index (κ2) is 11.7. The lowest BCUT2D eigenvalue weighted by Crippen LogP contribution is -2.31.